The molecule has 0 aromatic heterocycles. The van der Waals surface area contributed by atoms with E-state index in [0.717, 1.165) is 10.6 Å². The van der Waals surface area contributed by atoms with Crippen LogP contribution in [0.1, 0.15) is 20.7 Å². The van der Waals surface area contributed by atoms with Crippen LogP contribution in [0.3, 0.4) is 0 Å². The summed E-state index contributed by atoms with van der Waals surface area (Å²) in [6.07, 6.45) is 0. The highest BCUT2D eigenvalue weighted by atomic mass is 32.2. The van der Waals surface area contributed by atoms with Crippen LogP contribution in [-0.4, -0.2) is 37.7 Å². The number of hydrogen-bond donors (Lipinski definition) is 1. The lowest BCUT2D eigenvalue weighted by molar-refractivity contribution is 0.0946. The van der Waals surface area contributed by atoms with Crippen LogP contribution >= 0.6 is 11.8 Å². The Morgan fingerprint density at radius 3 is 2.30 bits per heavy atom. The highest BCUT2D eigenvalue weighted by Gasteiger charge is 2.09. The molecule has 0 bridgehead atoms. The summed E-state index contributed by atoms with van der Waals surface area (Å²) in [6.45, 7) is 0.743. The number of Topliss-reactive ketones (excluding diaryl/α,β-unsaturated/α-hetero) is 1. The molecular weight excluding hydrogens is 398 g/mol. The van der Waals surface area contributed by atoms with E-state index in [0.29, 0.717) is 35.8 Å². The first-order valence-electron chi connectivity index (χ1n) is 9.52. The fourth-order valence-corrected chi connectivity index (χ4v) is 3.54. The van der Waals surface area contributed by atoms with Gasteiger partial charge in [0, 0.05) is 16.0 Å². The molecule has 6 heteroatoms. The first-order valence-corrected chi connectivity index (χ1v) is 10.5. The van der Waals surface area contributed by atoms with Gasteiger partial charge < -0.3 is 14.8 Å². The molecule has 5 nitrogen and oxygen atoms in total. The van der Waals surface area contributed by atoms with E-state index in [2.05, 4.69) is 5.32 Å². The molecule has 0 radical (unpaired) electrons. The lowest BCUT2D eigenvalue weighted by Gasteiger charge is -2.09. The van der Waals surface area contributed by atoms with Gasteiger partial charge in [-0.2, -0.15) is 0 Å². The molecule has 3 aromatic carbocycles. The van der Waals surface area contributed by atoms with Crippen molar-refractivity contribution in [3.8, 4) is 11.5 Å². The molecule has 0 saturated carbocycles. The molecule has 1 amide bonds. The molecule has 3 rings (SSSR count). The van der Waals surface area contributed by atoms with Gasteiger partial charge in [-0.1, -0.05) is 36.4 Å². The molecule has 0 atom stereocenters. The summed E-state index contributed by atoms with van der Waals surface area (Å²) < 4.78 is 10.7. The lowest BCUT2D eigenvalue weighted by atomic mass is 10.2. The van der Waals surface area contributed by atoms with Crippen molar-refractivity contribution in [1.82, 2.24) is 5.32 Å². The van der Waals surface area contributed by atoms with E-state index in [4.69, 9.17) is 9.47 Å². The first-order chi connectivity index (χ1) is 14.7. The molecule has 154 valence electrons. The predicted octanol–water partition coefficient (Wildman–Crippen LogP) is 4.48. The van der Waals surface area contributed by atoms with Gasteiger partial charge in [-0.15, -0.1) is 11.8 Å². The molecule has 0 aliphatic rings. The summed E-state index contributed by atoms with van der Waals surface area (Å²) >= 11 is 1.42. The van der Waals surface area contributed by atoms with Gasteiger partial charge >= 0.3 is 0 Å². The third-order valence-corrected chi connectivity index (χ3v) is 5.27. The lowest BCUT2D eigenvalue weighted by Crippen LogP contribution is -2.28. The highest BCUT2D eigenvalue weighted by molar-refractivity contribution is 8.00. The summed E-state index contributed by atoms with van der Waals surface area (Å²) in [5.41, 5.74) is 1.24. The molecule has 0 saturated heterocycles. The summed E-state index contributed by atoms with van der Waals surface area (Å²) in [5.74, 6) is 1.69. The maximum absolute atomic E-state index is 12.4. The van der Waals surface area contributed by atoms with Gasteiger partial charge in [-0.25, -0.2) is 0 Å². The van der Waals surface area contributed by atoms with Gasteiger partial charge in [-0.05, 0) is 42.5 Å². The molecule has 0 aliphatic carbocycles. The van der Waals surface area contributed by atoms with Crippen LogP contribution in [-0.2, 0) is 0 Å². The summed E-state index contributed by atoms with van der Waals surface area (Å²) in [5, 5.41) is 2.84. The Morgan fingerprint density at radius 1 is 0.867 bits per heavy atom. The molecule has 3 aromatic rings. The number of ether oxygens (including phenoxy) is 2. The topological polar surface area (TPSA) is 64.6 Å². The van der Waals surface area contributed by atoms with Gasteiger partial charge in [0.1, 0.15) is 18.1 Å². The second kappa shape index (κ2) is 11.1. The zero-order valence-corrected chi connectivity index (χ0v) is 17.5. The second-order valence-corrected chi connectivity index (χ2v) is 7.43. The molecule has 30 heavy (non-hydrogen) atoms. The molecule has 1 N–H and O–H groups in total. The van der Waals surface area contributed by atoms with Crippen molar-refractivity contribution in [3.63, 3.8) is 0 Å². The van der Waals surface area contributed by atoms with Crippen LogP contribution in [0.25, 0.3) is 0 Å². The zero-order valence-electron chi connectivity index (χ0n) is 16.7. The van der Waals surface area contributed by atoms with E-state index in [1.807, 2.05) is 54.6 Å². The van der Waals surface area contributed by atoms with Crippen LogP contribution in [0.5, 0.6) is 11.5 Å². The van der Waals surface area contributed by atoms with Gasteiger partial charge in [0.2, 0.25) is 0 Å². The number of carbonyl (C=O) groups excluding carboxylic acids is 2. The van der Waals surface area contributed by atoms with E-state index in [1.54, 1.807) is 31.4 Å². The van der Waals surface area contributed by atoms with Crippen molar-refractivity contribution in [1.29, 1.82) is 0 Å². The normalized spacial score (nSPS) is 10.3. The van der Waals surface area contributed by atoms with Crippen LogP contribution in [0.15, 0.2) is 83.8 Å². The number of benzene rings is 3. The minimum absolute atomic E-state index is 0.0612. The van der Waals surface area contributed by atoms with Crippen LogP contribution in [0.4, 0.5) is 0 Å². The van der Waals surface area contributed by atoms with Crippen molar-refractivity contribution in [2.75, 3.05) is 26.0 Å². The van der Waals surface area contributed by atoms with Crippen LogP contribution in [0, 0.1) is 0 Å². The third-order valence-electron chi connectivity index (χ3n) is 4.28. The van der Waals surface area contributed by atoms with Gasteiger partial charge in [0.15, 0.2) is 5.78 Å². The van der Waals surface area contributed by atoms with Gasteiger partial charge in [-0.3, -0.25) is 9.59 Å². The van der Waals surface area contributed by atoms with E-state index in [1.165, 1.54) is 11.8 Å². The summed E-state index contributed by atoms with van der Waals surface area (Å²) in [6, 6.07) is 23.7. The minimum Gasteiger partial charge on any atom is -0.497 e. The van der Waals surface area contributed by atoms with Crippen molar-refractivity contribution < 1.29 is 19.1 Å². The van der Waals surface area contributed by atoms with Crippen molar-refractivity contribution in [3.05, 3.63) is 90.0 Å². The number of methoxy groups -OCH3 is 1. The van der Waals surface area contributed by atoms with E-state index in [9.17, 15) is 9.59 Å². The Kier molecular flexibility index (Phi) is 7.92. The number of ketones is 1. The third kappa shape index (κ3) is 6.39. The number of rotatable bonds is 10. The maximum atomic E-state index is 12.4. The molecule has 0 unspecified atom stereocenters. The molecule has 0 aliphatic heterocycles. The van der Waals surface area contributed by atoms with Gasteiger partial charge in [0.05, 0.1) is 19.4 Å². The van der Waals surface area contributed by atoms with Crippen LogP contribution < -0.4 is 14.8 Å². The van der Waals surface area contributed by atoms with Crippen LogP contribution in [0.2, 0.25) is 0 Å². The minimum atomic E-state index is -0.176. The molecule has 0 heterocycles. The second-order valence-electron chi connectivity index (χ2n) is 6.39. The summed E-state index contributed by atoms with van der Waals surface area (Å²) in [7, 11) is 1.61. The predicted molar refractivity (Wildman–Crippen MR) is 119 cm³/mol. The maximum Gasteiger partial charge on any atom is 0.251 e. The summed E-state index contributed by atoms with van der Waals surface area (Å²) in [4.78, 5) is 25.5. The number of nitrogens with one attached hydrogen (secondary N) is 1. The fourth-order valence-electron chi connectivity index (χ4n) is 2.69. The van der Waals surface area contributed by atoms with Crippen molar-refractivity contribution in [2.45, 2.75) is 4.90 Å². The number of carbonyl (C=O) groups is 2. The molecular formula is C24H23NO4S. The standard InChI is InChI=1S/C24H23NO4S/c1-28-20-10-12-21(13-11-20)29-15-14-25-24(27)19-8-5-9-22(16-19)30-17-23(26)18-6-3-2-4-7-18/h2-13,16H,14-15,17H2,1H3,(H,25,27). The number of thioether (sulfide) groups is 1. The van der Waals surface area contributed by atoms with Crippen molar-refractivity contribution in [2.24, 2.45) is 0 Å². The molecule has 0 fully saturated rings. The first kappa shape index (κ1) is 21.5. The van der Waals surface area contributed by atoms with Crippen molar-refractivity contribution >= 4 is 23.5 Å². The Labute approximate surface area is 180 Å². The average Bonchev–Trinajstić information content (AvgIpc) is 2.81. The smallest absolute Gasteiger partial charge is 0.251 e. The SMILES string of the molecule is COc1ccc(OCCNC(=O)c2cccc(SCC(=O)c3ccccc3)c2)cc1. The van der Waals surface area contributed by atoms with E-state index in [-0.39, 0.29) is 11.7 Å². The number of amides is 1. The zero-order chi connectivity index (χ0) is 21.2. The Balaban J connectivity index is 1.45. The largest absolute Gasteiger partial charge is 0.497 e. The average molecular weight is 422 g/mol. The highest BCUT2D eigenvalue weighted by Crippen LogP contribution is 2.21. The Morgan fingerprint density at radius 2 is 1.57 bits per heavy atom. The Hall–Kier alpha value is -3.25. The monoisotopic (exact) mass is 421 g/mol. The Bertz CT molecular complexity index is 974. The van der Waals surface area contributed by atoms with Gasteiger partial charge in [0.25, 0.3) is 5.91 Å². The van der Waals surface area contributed by atoms with E-state index < -0.39 is 0 Å². The quantitative estimate of drug-likeness (QED) is 0.297. The molecule has 0 spiro atoms. The number of hydrogen-bond acceptors (Lipinski definition) is 5. The van der Waals surface area contributed by atoms with E-state index >= 15 is 0 Å². The fraction of sp³-hybridized carbons (Fsp3) is 0.167.